The topological polar surface area (TPSA) is 106 Å². The average Bonchev–Trinajstić information content (AvgIpc) is 3.37. The normalized spacial score (nSPS) is 27.8. The van der Waals surface area contributed by atoms with Crippen molar-refractivity contribution in [3.8, 4) is 11.5 Å². The monoisotopic (exact) mass is 476 g/mol. The fraction of sp³-hybridized carbons (Fsp3) is 0.429. The van der Waals surface area contributed by atoms with Gasteiger partial charge in [0.2, 0.25) is 0 Å². The molecule has 1 aromatic carbocycles. The Balaban J connectivity index is 1.58. The van der Waals surface area contributed by atoms with Crippen molar-refractivity contribution >= 4 is 39.9 Å². The molecule has 1 N–H and O–H groups in total. The molecule has 3 aliphatic rings. The minimum atomic E-state index is -1.10. The number of carbonyl (C=O) groups excluding carboxylic acids is 2. The summed E-state index contributed by atoms with van der Waals surface area (Å²) in [6.45, 7) is 3.56. The molecule has 1 heterocycles. The number of aliphatic carboxylic acids is 1. The van der Waals surface area contributed by atoms with Crippen LogP contribution in [0.25, 0.3) is 0 Å². The predicted molar refractivity (Wildman–Crippen MR) is 110 cm³/mol. The first-order valence-electron chi connectivity index (χ1n) is 9.77. The largest absolute Gasteiger partial charge is 0.490 e. The molecule has 2 fully saturated rings. The van der Waals surface area contributed by atoms with E-state index in [0.29, 0.717) is 22.4 Å². The molecule has 30 heavy (non-hydrogen) atoms. The lowest BCUT2D eigenvalue weighted by atomic mass is 9.85. The molecule has 1 aliphatic heterocycles. The number of hydrogen-bond donors (Lipinski definition) is 1. The van der Waals surface area contributed by atoms with Crippen molar-refractivity contribution in [2.45, 2.75) is 26.4 Å². The van der Waals surface area contributed by atoms with Crippen molar-refractivity contribution in [2.24, 2.45) is 28.8 Å². The van der Waals surface area contributed by atoms with Crippen molar-refractivity contribution in [2.75, 3.05) is 6.61 Å². The van der Waals surface area contributed by atoms with E-state index < -0.39 is 12.1 Å². The second kappa shape index (κ2) is 7.86. The zero-order valence-corrected chi connectivity index (χ0v) is 18.0. The van der Waals surface area contributed by atoms with Crippen LogP contribution >= 0.6 is 15.9 Å². The van der Waals surface area contributed by atoms with E-state index in [4.69, 9.17) is 14.6 Å². The molecule has 1 saturated heterocycles. The maximum Gasteiger partial charge on any atom is 0.344 e. The van der Waals surface area contributed by atoms with E-state index in [1.54, 1.807) is 19.1 Å². The number of fused-ring (bicyclic) bond motifs is 5. The highest BCUT2D eigenvalue weighted by molar-refractivity contribution is 9.10. The van der Waals surface area contributed by atoms with Crippen LogP contribution in [-0.2, 0) is 14.4 Å². The van der Waals surface area contributed by atoms with Crippen LogP contribution in [0, 0.1) is 23.7 Å². The number of carbonyl (C=O) groups is 3. The van der Waals surface area contributed by atoms with Crippen molar-refractivity contribution in [1.82, 2.24) is 5.01 Å². The molecule has 0 aromatic heterocycles. The van der Waals surface area contributed by atoms with Gasteiger partial charge in [-0.3, -0.25) is 9.59 Å². The fourth-order valence-corrected chi connectivity index (χ4v) is 4.80. The zero-order chi connectivity index (χ0) is 21.6. The van der Waals surface area contributed by atoms with Gasteiger partial charge >= 0.3 is 5.97 Å². The summed E-state index contributed by atoms with van der Waals surface area (Å²) in [5.41, 5.74) is 0.563. The standard InChI is InChI=1S/C21H21BrN2O6/c1-3-29-15-7-13(14(22)8-16(15)30-10(2)21(27)28)9-23-24-19(25)17-11-4-5-12(6-11)18(17)20(24)26/h4-5,7-12,17-18H,3,6H2,1-2H3,(H,27,28). The number of hydrogen-bond acceptors (Lipinski definition) is 6. The smallest absolute Gasteiger partial charge is 0.344 e. The third-order valence-corrected chi connectivity index (χ3v) is 6.46. The minimum absolute atomic E-state index is 0.126. The molecule has 1 aromatic rings. The lowest BCUT2D eigenvalue weighted by Gasteiger charge is -2.16. The molecule has 5 unspecified atom stereocenters. The SMILES string of the molecule is CCOc1cc(C=NN2C(=O)C3C4C=CC(C4)C3C2=O)c(Br)cc1OC(C)C(=O)O. The summed E-state index contributed by atoms with van der Waals surface area (Å²) in [7, 11) is 0. The molecule has 8 nitrogen and oxygen atoms in total. The number of imide groups is 1. The van der Waals surface area contributed by atoms with E-state index in [2.05, 4.69) is 21.0 Å². The van der Waals surface area contributed by atoms with Crippen LogP contribution in [0.2, 0.25) is 0 Å². The Hall–Kier alpha value is -2.68. The van der Waals surface area contributed by atoms with Gasteiger partial charge in [-0.15, -0.1) is 0 Å². The second-order valence-electron chi connectivity index (χ2n) is 7.58. The van der Waals surface area contributed by atoms with Crippen LogP contribution in [0.5, 0.6) is 11.5 Å². The molecule has 158 valence electrons. The van der Waals surface area contributed by atoms with Gasteiger partial charge in [-0.25, -0.2) is 4.79 Å². The molecule has 2 amide bonds. The highest BCUT2D eigenvalue weighted by Gasteiger charge is 2.59. The summed E-state index contributed by atoms with van der Waals surface area (Å²) in [6, 6.07) is 3.20. The Kier molecular flexibility index (Phi) is 5.40. The number of rotatable bonds is 7. The molecule has 5 atom stereocenters. The molecular weight excluding hydrogens is 456 g/mol. The van der Waals surface area contributed by atoms with Crippen LogP contribution in [0.1, 0.15) is 25.8 Å². The first kappa shape index (κ1) is 20.6. The summed E-state index contributed by atoms with van der Waals surface area (Å²) in [6.07, 6.45) is 5.30. The molecule has 0 spiro atoms. The number of halogens is 1. The fourth-order valence-electron chi connectivity index (χ4n) is 4.37. The molecule has 2 aliphatic carbocycles. The van der Waals surface area contributed by atoms with Gasteiger partial charge in [0, 0.05) is 10.0 Å². The van der Waals surface area contributed by atoms with E-state index in [-0.39, 0.29) is 41.2 Å². The first-order valence-corrected chi connectivity index (χ1v) is 10.6. The van der Waals surface area contributed by atoms with Crippen LogP contribution in [0.3, 0.4) is 0 Å². The first-order chi connectivity index (χ1) is 14.3. The molecule has 2 bridgehead atoms. The molecule has 0 radical (unpaired) electrons. The van der Waals surface area contributed by atoms with Crippen LogP contribution in [0.4, 0.5) is 0 Å². The van der Waals surface area contributed by atoms with Gasteiger partial charge in [0.1, 0.15) is 0 Å². The number of benzene rings is 1. The summed E-state index contributed by atoms with van der Waals surface area (Å²) in [4.78, 5) is 36.6. The number of allylic oxidation sites excluding steroid dienone is 2. The Morgan fingerprint density at radius 3 is 2.47 bits per heavy atom. The minimum Gasteiger partial charge on any atom is -0.490 e. The van der Waals surface area contributed by atoms with Crippen molar-refractivity contribution < 1.29 is 29.0 Å². The highest BCUT2D eigenvalue weighted by Crippen LogP contribution is 2.52. The van der Waals surface area contributed by atoms with Crippen molar-refractivity contribution in [1.29, 1.82) is 0 Å². The van der Waals surface area contributed by atoms with Gasteiger partial charge in [-0.2, -0.15) is 10.1 Å². The Labute approximate surface area is 181 Å². The molecule has 9 heteroatoms. The number of amides is 2. The van der Waals surface area contributed by atoms with E-state index in [9.17, 15) is 14.4 Å². The maximum absolute atomic E-state index is 12.7. The Morgan fingerprint density at radius 2 is 1.90 bits per heavy atom. The lowest BCUT2D eigenvalue weighted by Crippen LogP contribution is -2.28. The Morgan fingerprint density at radius 1 is 1.27 bits per heavy atom. The van der Waals surface area contributed by atoms with Gasteiger partial charge in [-0.1, -0.05) is 12.2 Å². The van der Waals surface area contributed by atoms with E-state index in [1.165, 1.54) is 13.1 Å². The summed E-state index contributed by atoms with van der Waals surface area (Å²) >= 11 is 3.40. The predicted octanol–water partition coefficient (Wildman–Crippen LogP) is 2.84. The number of hydrazone groups is 1. The number of nitrogens with zero attached hydrogens (tertiary/aromatic N) is 2. The van der Waals surface area contributed by atoms with Crippen LogP contribution < -0.4 is 9.47 Å². The van der Waals surface area contributed by atoms with Crippen LogP contribution in [-0.4, -0.2) is 46.8 Å². The quantitative estimate of drug-likeness (QED) is 0.368. The van der Waals surface area contributed by atoms with Crippen molar-refractivity contribution in [3.05, 3.63) is 34.3 Å². The molecule has 4 rings (SSSR count). The van der Waals surface area contributed by atoms with E-state index in [1.807, 2.05) is 12.2 Å². The van der Waals surface area contributed by atoms with Crippen molar-refractivity contribution in [3.63, 3.8) is 0 Å². The number of carboxylic acid groups (broad SMARTS) is 1. The average molecular weight is 477 g/mol. The van der Waals surface area contributed by atoms with Gasteiger partial charge in [0.25, 0.3) is 11.8 Å². The van der Waals surface area contributed by atoms with Gasteiger partial charge < -0.3 is 14.6 Å². The van der Waals surface area contributed by atoms with E-state index in [0.717, 1.165) is 11.4 Å². The van der Waals surface area contributed by atoms with Crippen LogP contribution in [0.15, 0.2) is 33.9 Å². The van der Waals surface area contributed by atoms with Gasteiger partial charge in [-0.05, 0) is 60.2 Å². The van der Waals surface area contributed by atoms with E-state index >= 15 is 0 Å². The van der Waals surface area contributed by atoms with Gasteiger partial charge in [0.15, 0.2) is 17.6 Å². The lowest BCUT2D eigenvalue weighted by molar-refractivity contribution is -0.144. The summed E-state index contributed by atoms with van der Waals surface area (Å²) < 4.78 is 11.6. The summed E-state index contributed by atoms with van der Waals surface area (Å²) in [5.74, 6) is -1.36. The third-order valence-electron chi connectivity index (χ3n) is 5.77. The zero-order valence-electron chi connectivity index (χ0n) is 16.4. The summed E-state index contributed by atoms with van der Waals surface area (Å²) in [5, 5.41) is 14.2. The Bertz CT molecular complexity index is 944. The number of ether oxygens (including phenoxy) is 2. The van der Waals surface area contributed by atoms with Gasteiger partial charge in [0.05, 0.1) is 24.7 Å². The molecular formula is C21H21BrN2O6. The maximum atomic E-state index is 12.7. The second-order valence-corrected chi connectivity index (χ2v) is 8.44. The highest BCUT2D eigenvalue weighted by atomic mass is 79.9. The molecule has 1 saturated carbocycles. The number of carboxylic acids is 1. The third kappa shape index (κ3) is 3.40.